The van der Waals surface area contributed by atoms with Crippen molar-refractivity contribution in [2.75, 3.05) is 33.8 Å². The van der Waals surface area contributed by atoms with E-state index in [1.165, 1.54) is 0 Å². The molecule has 3 N–H and O–H groups in total. The zero-order valence-electron chi connectivity index (χ0n) is 13.9. The first kappa shape index (κ1) is 18.7. The maximum Gasteiger partial charge on any atom is 0.225 e. The van der Waals surface area contributed by atoms with Crippen LogP contribution < -0.4 is 16.0 Å². The minimum absolute atomic E-state index is 0.0442. The number of ether oxygens (including phenoxy) is 1. The van der Waals surface area contributed by atoms with Crippen molar-refractivity contribution < 1.29 is 9.53 Å². The summed E-state index contributed by atoms with van der Waals surface area (Å²) in [6.45, 7) is 11.5. The highest BCUT2D eigenvalue weighted by Crippen LogP contribution is 2.11. The van der Waals surface area contributed by atoms with Gasteiger partial charge in [0.1, 0.15) is 0 Å². The number of nitrogens with zero attached hydrogens (tertiary/aromatic N) is 1. The Morgan fingerprint density at radius 2 is 1.60 bits per heavy atom. The van der Waals surface area contributed by atoms with Crippen molar-refractivity contribution in [3.8, 4) is 0 Å². The number of methoxy groups -OCH3 is 1. The summed E-state index contributed by atoms with van der Waals surface area (Å²) in [5.74, 6) is 0.739. The third-order valence-electron chi connectivity index (χ3n) is 2.84. The molecule has 0 heterocycles. The van der Waals surface area contributed by atoms with E-state index in [0.29, 0.717) is 25.6 Å². The van der Waals surface area contributed by atoms with E-state index < -0.39 is 0 Å². The van der Waals surface area contributed by atoms with Crippen LogP contribution >= 0.6 is 0 Å². The highest BCUT2D eigenvalue weighted by molar-refractivity contribution is 5.81. The summed E-state index contributed by atoms with van der Waals surface area (Å²) in [7, 11) is 3.39. The molecule has 0 unspecified atom stereocenters. The van der Waals surface area contributed by atoms with Gasteiger partial charge < -0.3 is 20.7 Å². The van der Waals surface area contributed by atoms with Crippen LogP contribution in [0.2, 0.25) is 0 Å². The van der Waals surface area contributed by atoms with Crippen molar-refractivity contribution in [2.24, 2.45) is 10.4 Å². The van der Waals surface area contributed by atoms with Gasteiger partial charge >= 0.3 is 0 Å². The lowest BCUT2D eigenvalue weighted by Gasteiger charge is -2.24. The Bertz CT molecular complexity index is 333. The van der Waals surface area contributed by atoms with Crippen LogP contribution in [0, 0.1) is 5.41 Å². The zero-order valence-corrected chi connectivity index (χ0v) is 13.9. The molecule has 0 aliphatic rings. The van der Waals surface area contributed by atoms with E-state index in [1.54, 1.807) is 14.2 Å². The summed E-state index contributed by atoms with van der Waals surface area (Å²) < 4.78 is 5.32. The van der Waals surface area contributed by atoms with E-state index in [4.69, 9.17) is 4.74 Å². The minimum atomic E-state index is -0.359. The topological polar surface area (TPSA) is 74.8 Å². The Balaban J connectivity index is 3.96. The molecular formula is C14H30N4O2. The highest BCUT2D eigenvalue weighted by Gasteiger charge is 2.20. The maximum atomic E-state index is 11.7. The molecule has 0 aliphatic heterocycles. The molecule has 0 rings (SSSR count). The van der Waals surface area contributed by atoms with Gasteiger partial charge in [-0.1, -0.05) is 20.8 Å². The van der Waals surface area contributed by atoms with Crippen LogP contribution in [0.1, 0.15) is 34.6 Å². The highest BCUT2D eigenvalue weighted by atomic mass is 16.5. The fourth-order valence-corrected chi connectivity index (χ4v) is 1.21. The summed E-state index contributed by atoms with van der Waals surface area (Å²) in [5.41, 5.74) is -0.611. The van der Waals surface area contributed by atoms with Crippen LogP contribution in [0.3, 0.4) is 0 Å². The lowest BCUT2D eigenvalue weighted by atomic mass is 9.96. The monoisotopic (exact) mass is 286 g/mol. The van der Waals surface area contributed by atoms with Gasteiger partial charge in [0.25, 0.3) is 0 Å². The molecule has 0 fully saturated rings. The van der Waals surface area contributed by atoms with Gasteiger partial charge in [0.2, 0.25) is 5.91 Å². The number of hydrogen-bond acceptors (Lipinski definition) is 3. The molecule has 0 saturated carbocycles. The van der Waals surface area contributed by atoms with Crippen molar-refractivity contribution in [1.82, 2.24) is 16.0 Å². The molecule has 6 nitrogen and oxygen atoms in total. The second-order valence-electron chi connectivity index (χ2n) is 6.32. The standard InChI is InChI=1S/C14H30N4O2/c1-13(2,3)11(19)16-8-9-17-12(15-6)18-10-14(4,5)20-7/h8-10H2,1-7H3,(H,16,19)(H2,15,17,18). The van der Waals surface area contributed by atoms with Gasteiger partial charge in [-0.2, -0.15) is 0 Å². The first-order valence-electron chi connectivity index (χ1n) is 6.90. The SMILES string of the molecule is CN=C(NCCNC(=O)C(C)(C)C)NCC(C)(C)OC. The number of amides is 1. The summed E-state index contributed by atoms with van der Waals surface area (Å²) in [6.07, 6.45) is 0. The third-order valence-corrected chi connectivity index (χ3v) is 2.84. The lowest BCUT2D eigenvalue weighted by molar-refractivity contribution is -0.128. The number of rotatable bonds is 6. The second kappa shape index (κ2) is 8.09. The smallest absolute Gasteiger partial charge is 0.225 e. The Kier molecular flexibility index (Phi) is 7.57. The number of nitrogens with one attached hydrogen (secondary N) is 3. The molecule has 0 aromatic heterocycles. The maximum absolute atomic E-state index is 11.7. The Labute approximate surface area is 122 Å². The summed E-state index contributed by atoms with van der Waals surface area (Å²) in [4.78, 5) is 15.8. The van der Waals surface area contributed by atoms with Gasteiger partial charge in [0, 0.05) is 39.2 Å². The second-order valence-corrected chi connectivity index (χ2v) is 6.32. The molecule has 0 radical (unpaired) electrons. The Morgan fingerprint density at radius 1 is 1.05 bits per heavy atom. The van der Waals surface area contributed by atoms with Gasteiger partial charge in [0.05, 0.1) is 5.60 Å². The predicted octanol–water partition coefficient (Wildman–Crippen LogP) is 0.739. The van der Waals surface area contributed by atoms with E-state index in [1.807, 2.05) is 34.6 Å². The zero-order chi connectivity index (χ0) is 15.8. The van der Waals surface area contributed by atoms with Gasteiger partial charge in [-0.25, -0.2) is 0 Å². The fraction of sp³-hybridized carbons (Fsp3) is 0.857. The van der Waals surface area contributed by atoms with E-state index in [0.717, 1.165) is 0 Å². The Hall–Kier alpha value is -1.30. The molecule has 6 heteroatoms. The normalized spacial score (nSPS) is 13.1. The van der Waals surface area contributed by atoms with E-state index >= 15 is 0 Å². The van der Waals surface area contributed by atoms with E-state index in [9.17, 15) is 4.79 Å². The number of carbonyl (C=O) groups excluding carboxylic acids is 1. The molecule has 0 aromatic rings. The van der Waals surface area contributed by atoms with Crippen LogP contribution in [-0.2, 0) is 9.53 Å². The Morgan fingerprint density at radius 3 is 2.05 bits per heavy atom. The van der Waals surface area contributed by atoms with E-state index in [-0.39, 0.29) is 16.9 Å². The molecule has 20 heavy (non-hydrogen) atoms. The molecule has 0 aromatic carbocycles. The van der Waals surface area contributed by atoms with Crippen LogP contribution in [0.15, 0.2) is 4.99 Å². The third kappa shape index (κ3) is 7.99. The van der Waals surface area contributed by atoms with Gasteiger partial charge in [-0.15, -0.1) is 0 Å². The number of hydrogen-bond donors (Lipinski definition) is 3. The average molecular weight is 286 g/mol. The quantitative estimate of drug-likeness (QED) is 0.382. The van der Waals surface area contributed by atoms with Crippen molar-refractivity contribution in [2.45, 2.75) is 40.2 Å². The largest absolute Gasteiger partial charge is 0.377 e. The average Bonchev–Trinajstić information content (AvgIpc) is 2.36. The van der Waals surface area contributed by atoms with Crippen molar-refractivity contribution >= 4 is 11.9 Å². The number of aliphatic imine (C=N–C) groups is 1. The summed E-state index contributed by atoms with van der Waals surface area (Å²) in [5, 5.41) is 9.20. The molecule has 0 aliphatic carbocycles. The van der Waals surface area contributed by atoms with Crippen LogP contribution in [-0.4, -0.2) is 51.3 Å². The molecule has 0 atom stereocenters. The van der Waals surface area contributed by atoms with Crippen molar-refractivity contribution in [3.63, 3.8) is 0 Å². The number of carbonyl (C=O) groups is 1. The lowest BCUT2D eigenvalue weighted by Crippen LogP contribution is -2.47. The minimum Gasteiger partial charge on any atom is -0.377 e. The van der Waals surface area contributed by atoms with E-state index in [2.05, 4.69) is 20.9 Å². The molecule has 0 saturated heterocycles. The molecule has 0 spiro atoms. The van der Waals surface area contributed by atoms with Crippen LogP contribution in [0.4, 0.5) is 0 Å². The summed E-state index contributed by atoms with van der Waals surface area (Å²) >= 11 is 0. The predicted molar refractivity (Wildman–Crippen MR) is 82.9 cm³/mol. The number of guanidine groups is 1. The molecular weight excluding hydrogens is 256 g/mol. The van der Waals surface area contributed by atoms with Crippen LogP contribution in [0.5, 0.6) is 0 Å². The molecule has 1 amide bonds. The first-order chi connectivity index (χ1) is 9.12. The van der Waals surface area contributed by atoms with Gasteiger partial charge in [-0.3, -0.25) is 9.79 Å². The molecule has 0 bridgehead atoms. The van der Waals surface area contributed by atoms with Crippen molar-refractivity contribution in [1.29, 1.82) is 0 Å². The first-order valence-corrected chi connectivity index (χ1v) is 6.90. The van der Waals surface area contributed by atoms with Crippen LogP contribution in [0.25, 0.3) is 0 Å². The summed E-state index contributed by atoms with van der Waals surface area (Å²) in [6, 6.07) is 0. The van der Waals surface area contributed by atoms with Gasteiger partial charge in [0.15, 0.2) is 5.96 Å². The van der Waals surface area contributed by atoms with Crippen molar-refractivity contribution in [3.05, 3.63) is 0 Å². The molecule has 118 valence electrons. The fourth-order valence-electron chi connectivity index (χ4n) is 1.21. The van der Waals surface area contributed by atoms with Gasteiger partial charge in [-0.05, 0) is 13.8 Å².